The first-order valence-electron chi connectivity index (χ1n) is 6.29. The number of hydrogen-bond donors (Lipinski definition) is 1. The van der Waals surface area contributed by atoms with Gasteiger partial charge in [-0.05, 0) is 31.0 Å². The second-order valence-electron chi connectivity index (χ2n) is 4.93. The Labute approximate surface area is 116 Å². The van der Waals surface area contributed by atoms with Gasteiger partial charge >= 0.3 is 0 Å². The zero-order chi connectivity index (χ0) is 14.8. The minimum atomic E-state index is -4.27. The molecular formula is C13H14F2N2O2S. The molecule has 0 aromatic heterocycles. The summed E-state index contributed by atoms with van der Waals surface area (Å²) in [5, 5.41) is 9.23. The topological polar surface area (TPSA) is 70.0 Å². The van der Waals surface area contributed by atoms with Crippen molar-refractivity contribution in [1.29, 1.82) is 5.26 Å². The first-order chi connectivity index (χ1) is 9.38. The van der Waals surface area contributed by atoms with Gasteiger partial charge in [0.2, 0.25) is 10.0 Å². The maximum absolute atomic E-state index is 13.6. The molecule has 1 aromatic rings. The Balaban J connectivity index is 2.36. The van der Waals surface area contributed by atoms with E-state index in [1.165, 1.54) is 0 Å². The highest BCUT2D eigenvalue weighted by Gasteiger charge is 2.37. The van der Waals surface area contributed by atoms with Crippen molar-refractivity contribution in [2.45, 2.75) is 42.5 Å². The molecule has 2 rings (SSSR count). The molecule has 0 saturated heterocycles. The predicted molar refractivity (Wildman–Crippen MR) is 68.1 cm³/mol. The molecule has 1 aliphatic rings. The van der Waals surface area contributed by atoms with Crippen LogP contribution in [-0.2, 0) is 10.0 Å². The summed E-state index contributed by atoms with van der Waals surface area (Å²) in [5.41, 5.74) is -1.23. The highest BCUT2D eigenvalue weighted by Crippen LogP contribution is 2.29. The van der Waals surface area contributed by atoms with E-state index in [1.54, 1.807) is 0 Å². The van der Waals surface area contributed by atoms with E-state index in [1.807, 2.05) is 6.07 Å². The molecule has 0 spiro atoms. The second kappa shape index (κ2) is 5.46. The summed E-state index contributed by atoms with van der Waals surface area (Å²) in [6.07, 6.45) is 3.13. The lowest BCUT2D eigenvalue weighted by Crippen LogP contribution is -2.48. The average Bonchev–Trinajstić information content (AvgIpc) is 2.42. The van der Waals surface area contributed by atoms with Gasteiger partial charge in [0.25, 0.3) is 0 Å². The van der Waals surface area contributed by atoms with Crippen LogP contribution in [0, 0.1) is 23.0 Å². The van der Waals surface area contributed by atoms with E-state index < -0.39 is 32.1 Å². The second-order valence-corrected chi connectivity index (χ2v) is 6.59. The normalized spacial score (nSPS) is 18.4. The lowest BCUT2D eigenvalue weighted by Gasteiger charge is -2.31. The van der Waals surface area contributed by atoms with Crippen LogP contribution in [0.4, 0.5) is 8.78 Å². The van der Waals surface area contributed by atoms with Gasteiger partial charge in [0.05, 0.1) is 6.07 Å². The first-order valence-corrected chi connectivity index (χ1v) is 7.77. The third kappa shape index (κ3) is 2.97. The van der Waals surface area contributed by atoms with Crippen molar-refractivity contribution in [3.8, 4) is 6.07 Å². The Morgan fingerprint density at radius 1 is 1.20 bits per heavy atom. The number of rotatable bonds is 3. The molecule has 1 aliphatic carbocycles. The fourth-order valence-corrected chi connectivity index (χ4v) is 3.85. The molecule has 1 N–H and O–H groups in total. The molecule has 0 bridgehead atoms. The smallest absolute Gasteiger partial charge is 0.207 e. The number of nitrogens with zero attached hydrogens (tertiary/aromatic N) is 1. The fourth-order valence-electron chi connectivity index (χ4n) is 2.39. The molecule has 20 heavy (non-hydrogen) atoms. The number of hydrogen-bond acceptors (Lipinski definition) is 3. The van der Waals surface area contributed by atoms with Crippen LogP contribution in [0.15, 0.2) is 23.1 Å². The number of halogens is 2. The van der Waals surface area contributed by atoms with Gasteiger partial charge in [0.1, 0.15) is 22.1 Å². The summed E-state index contributed by atoms with van der Waals surface area (Å²) >= 11 is 0. The minimum absolute atomic E-state index is 0.375. The Kier molecular flexibility index (Phi) is 4.06. The molecule has 4 nitrogen and oxygen atoms in total. The highest BCUT2D eigenvalue weighted by atomic mass is 32.2. The third-order valence-corrected chi connectivity index (χ3v) is 4.98. The fraction of sp³-hybridized carbons (Fsp3) is 0.462. The zero-order valence-corrected chi connectivity index (χ0v) is 11.5. The molecule has 1 saturated carbocycles. The van der Waals surface area contributed by atoms with E-state index in [4.69, 9.17) is 0 Å². The molecule has 108 valence electrons. The number of nitriles is 1. The maximum atomic E-state index is 13.6. The Bertz CT molecular complexity index is 647. The monoisotopic (exact) mass is 300 g/mol. The molecule has 0 atom stereocenters. The van der Waals surface area contributed by atoms with Gasteiger partial charge in [-0.15, -0.1) is 0 Å². The number of nitrogens with one attached hydrogen (secondary N) is 1. The van der Waals surface area contributed by atoms with Crippen molar-refractivity contribution in [1.82, 2.24) is 4.72 Å². The van der Waals surface area contributed by atoms with Crippen LogP contribution in [0.2, 0.25) is 0 Å². The van der Waals surface area contributed by atoms with E-state index in [0.29, 0.717) is 18.9 Å². The summed E-state index contributed by atoms with van der Waals surface area (Å²) in [4.78, 5) is -0.766. The maximum Gasteiger partial charge on any atom is 0.244 e. The SMILES string of the molecule is N#CC1(NS(=O)(=O)c2cc(F)ccc2F)CCCCC1. The summed E-state index contributed by atoms with van der Waals surface area (Å²) < 4.78 is 53.3. The number of benzene rings is 1. The van der Waals surface area contributed by atoms with Crippen molar-refractivity contribution in [3.05, 3.63) is 29.8 Å². The van der Waals surface area contributed by atoms with Crippen LogP contribution in [0.1, 0.15) is 32.1 Å². The lowest BCUT2D eigenvalue weighted by atomic mass is 9.84. The van der Waals surface area contributed by atoms with Gasteiger partial charge in [0.15, 0.2) is 0 Å². The largest absolute Gasteiger partial charge is 0.244 e. The summed E-state index contributed by atoms with van der Waals surface area (Å²) in [6, 6.07) is 4.18. The highest BCUT2D eigenvalue weighted by molar-refractivity contribution is 7.89. The van der Waals surface area contributed by atoms with Crippen molar-refractivity contribution >= 4 is 10.0 Å². The van der Waals surface area contributed by atoms with Gasteiger partial charge in [0, 0.05) is 0 Å². The summed E-state index contributed by atoms with van der Waals surface area (Å²) in [6.45, 7) is 0. The number of sulfonamides is 1. The van der Waals surface area contributed by atoms with Crippen molar-refractivity contribution in [2.24, 2.45) is 0 Å². The molecule has 0 amide bonds. The Morgan fingerprint density at radius 3 is 2.45 bits per heavy atom. The van der Waals surface area contributed by atoms with Crippen molar-refractivity contribution in [2.75, 3.05) is 0 Å². The van der Waals surface area contributed by atoms with E-state index in [-0.39, 0.29) is 0 Å². The van der Waals surface area contributed by atoms with Crippen LogP contribution < -0.4 is 4.72 Å². The van der Waals surface area contributed by atoms with Gasteiger partial charge in [-0.25, -0.2) is 17.2 Å². The van der Waals surface area contributed by atoms with Gasteiger partial charge in [-0.2, -0.15) is 9.98 Å². The van der Waals surface area contributed by atoms with E-state index in [0.717, 1.165) is 31.4 Å². The van der Waals surface area contributed by atoms with E-state index in [9.17, 15) is 22.5 Å². The summed E-state index contributed by atoms with van der Waals surface area (Å²) in [5.74, 6) is -1.88. The van der Waals surface area contributed by atoms with Crippen LogP contribution in [0.3, 0.4) is 0 Å². The van der Waals surface area contributed by atoms with Crippen LogP contribution in [0.25, 0.3) is 0 Å². The van der Waals surface area contributed by atoms with Crippen LogP contribution in [-0.4, -0.2) is 14.0 Å². The minimum Gasteiger partial charge on any atom is -0.207 e. The van der Waals surface area contributed by atoms with Crippen molar-refractivity contribution < 1.29 is 17.2 Å². The molecule has 0 heterocycles. The molecule has 0 radical (unpaired) electrons. The quantitative estimate of drug-likeness (QED) is 0.932. The first kappa shape index (κ1) is 14.9. The Morgan fingerprint density at radius 2 is 1.85 bits per heavy atom. The molecule has 7 heteroatoms. The van der Waals surface area contributed by atoms with Crippen molar-refractivity contribution in [3.63, 3.8) is 0 Å². The van der Waals surface area contributed by atoms with Gasteiger partial charge in [-0.3, -0.25) is 0 Å². The van der Waals surface area contributed by atoms with Gasteiger partial charge in [-0.1, -0.05) is 19.3 Å². The molecular weight excluding hydrogens is 286 g/mol. The Hall–Kier alpha value is -1.52. The predicted octanol–water partition coefficient (Wildman–Crippen LogP) is 2.47. The third-order valence-electron chi connectivity index (χ3n) is 3.43. The standard InChI is InChI=1S/C13H14F2N2O2S/c14-10-4-5-11(15)12(8-10)20(18,19)17-13(9-16)6-2-1-3-7-13/h4-5,8,17H,1-3,6-7H2. The average molecular weight is 300 g/mol. The molecule has 0 aliphatic heterocycles. The van der Waals surface area contributed by atoms with Crippen LogP contribution in [0.5, 0.6) is 0 Å². The molecule has 1 aromatic carbocycles. The van der Waals surface area contributed by atoms with E-state index in [2.05, 4.69) is 4.72 Å². The molecule has 1 fully saturated rings. The van der Waals surface area contributed by atoms with Crippen LogP contribution >= 0.6 is 0 Å². The van der Waals surface area contributed by atoms with E-state index >= 15 is 0 Å². The lowest BCUT2D eigenvalue weighted by molar-refractivity contribution is 0.337. The summed E-state index contributed by atoms with van der Waals surface area (Å²) in [7, 11) is -4.27. The molecule has 0 unspecified atom stereocenters. The van der Waals surface area contributed by atoms with Gasteiger partial charge < -0.3 is 0 Å². The zero-order valence-electron chi connectivity index (χ0n) is 10.7.